The number of halogens is 2. The van der Waals surface area contributed by atoms with Gasteiger partial charge in [0, 0.05) is 36.4 Å². The summed E-state index contributed by atoms with van der Waals surface area (Å²) in [7, 11) is 0. The van der Waals surface area contributed by atoms with E-state index < -0.39 is 11.4 Å². The summed E-state index contributed by atoms with van der Waals surface area (Å²) >= 11 is 12.5. The first-order valence-corrected chi connectivity index (χ1v) is 10.7. The zero-order chi connectivity index (χ0) is 22.7. The van der Waals surface area contributed by atoms with Crippen molar-refractivity contribution in [2.45, 2.75) is 19.4 Å². The van der Waals surface area contributed by atoms with Crippen LogP contribution in [0.2, 0.25) is 10.0 Å². The molecule has 0 saturated heterocycles. The Morgan fingerprint density at radius 1 is 1.09 bits per heavy atom. The molecule has 4 aromatic rings. The van der Waals surface area contributed by atoms with E-state index >= 15 is 0 Å². The molecular weight excluding hydrogens is 449 g/mol. The molecule has 2 aromatic carbocycles. The van der Waals surface area contributed by atoms with Gasteiger partial charge in [0.25, 0.3) is 0 Å². The molecule has 0 spiro atoms. The maximum absolute atomic E-state index is 13.1. The summed E-state index contributed by atoms with van der Waals surface area (Å²) in [4.78, 5) is 34.2. The topological polar surface area (TPSA) is 88.8 Å². The van der Waals surface area contributed by atoms with Gasteiger partial charge < -0.3 is 4.57 Å². The average Bonchev–Trinajstić information content (AvgIpc) is 2.82. The van der Waals surface area contributed by atoms with Gasteiger partial charge >= 0.3 is 5.97 Å². The van der Waals surface area contributed by atoms with Gasteiger partial charge in [-0.1, -0.05) is 47.5 Å². The van der Waals surface area contributed by atoms with Crippen LogP contribution < -0.4 is 11.3 Å². The van der Waals surface area contributed by atoms with Gasteiger partial charge in [-0.3, -0.25) is 14.6 Å². The molecule has 0 unspecified atom stereocenters. The average molecular weight is 469 g/mol. The molecule has 0 fully saturated rings. The minimum absolute atomic E-state index is 0.0635. The van der Waals surface area contributed by atoms with Gasteiger partial charge in [-0.2, -0.15) is 5.90 Å². The molecule has 32 heavy (non-hydrogen) atoms. The van der Waals surface area contributed by atoms with Crippen LogP contribution in [-0.2, 0) is 24.2 Å². The molecule has 4 rings (SSSR count). The van der Waals surface area contributed by atoms with E-state index in [2.05, 4.69) is 15.7 Å². The molecule has 0 bridgehead atoms. The molecule has 162 valence electrons. The summed E-state index contributed by atoms with van der Waals surface area (Å²) in [6.07, 6.45) is 4.39. The molecule has 3 N–H and O–H groups in total. The first kappa shape index (κ1) is 22.0. The van der Waals surface area contributed by atoms with Crippen molar-refractivity contribution in [2.75, 3.05) is 0 Å². The van der Waals surface area contributed by atoms with Gasteiger partial charge in [-0.15, -0.1) is 0 Å². The largest absolute Gasteiger partial charge is 0.402 e. The van der Waals surface area contributed by atoms with Crippen LogP contribution in [0.25, 0.3) is 10.9 Å². The van der Waals surface area contributed by atoms with Crippen LogP contribution in [0.5, 0.6) is 0 Å². The third kappa shape index (κ3) is 4.53. The highest BCUT2D eigenvalue weighted by Crippen LogP contribution is 2.28. The monoisotopic (exact) mass is 468 g/mol. The molecule has 2 heterocycles. The van der Waals surface area contributed by atoms with E-state index in [-0.39, 0.29) is 5.56 Å². The maximum atomic E-state index is 13.1. The molecule has 6 nitrogen and oxygen atoms in total. The predicted molar refractivity (Wildman–Crippen MR) is 124 cm³/mol. The van der Waals surface area contributed by atoms with Crippen molar-refractivity contribution in [1.82, 2.24) is 9.55 Å². The maximum Gasteiger partial charge on any atom is 0.402 e. The molecule has 0 saturated carbocycles. The Balaban J connectivity index is 1.78. The zero-order valence-electron chi connectivity index (χ0n) is 17.1. The first-order chi connectivity index (χ1) is 15.5. The van der Waals surface area contributed by atoms with Crippen LogP contribution in [-0.4, -0.2) is 15.5 Å². The van der Waals surface area contributed by atoms with E-state index in [0.29, 0.717) is 40.3 Å². The Labute approximate surface area is 194 Å². The fourth-order valence-electron chi connectivity index (χ4n) is 3.65. The number of rotatable bonds is 6. The van der Waals surface area contributed by atoms with Crippen molar-refractivity contribution in [3.8, 4) is 0 Å². The van der Waals surface area contributed by atoms with Gasteiger partial charge in [-0.25, -0.2) is 4.79 Å². The number of aromatic nitrogens is 2. The van der Waals surface area contributed by atoms with Gasteiger partial charge in [0.15, 0.2) is 0 Å². The van der Waals surface area contributed by atoms with E-state index in [4.69, 9.17) is 23.2 Å². The Morgan fingerprint density at radius 3 is 2.69 bits per heavy atom. The van der Waals surface area contributed by atoms with Gasteiger partial charge in [0.2, 0.25) is 5.43 Å². The van der Waals surface area contributed by atoms with Crippen molar-refractivity contribution in [3.05, 3.63) is 110 Å². The minimum atomic E-state index is -0.772. The van der Waals surface area contributed by atoms with E-state index in [9.17, 15) is 9.59 Å². The lowest BCUT2D eigenvalue weighted by molar-refractivity contribution is -0.653. The molecule has 0 aliphatic carbocycles. The number of nitrogens with zero attached hydrogens (tertiary/aromatic N) is 2. The minimum Gasteiger partial charge on any atom is -0.346 e. The highest BCUT2D eigenvalue weighted by Gasteiger charge is 2.18. The van der Waals surface area contributed by atoms with Crippen LogP contribution in [0.1, 0.15) is 27.2 Å². The van der Waals surface area contributed by atoms with E-state index in [0.717, 1.165) is 16.8 Å². The quantitative estimate of drug-likeness (QED) is 0.435. The fraction of sp³-hybridized carbons (Fsp3) is 0.125. The van der Waals surface area contributed by atoms with Gasteiger partial charge in [-0.05, 0) is 47.9 Å². The summed E-state index contributed by atoms with van der Waals surface area (Å²) in [6, 6.07) is 16.8. The molecule has 0 aliphatic rings. The Kier molecular flexibility index (Phi) is 6.55. The smallest absolute Gasteiger partial charge is 0.346 e. The highest BCUT2D eigenvalue weighted by atomic mass is 35.5. The third-order valence-electron chi connectivity index (χ3n) is 5.26. The van der Waals surface area contributed by atoms with Crippen molar-refractivity contribution < 1.29 is 15.5 Å². The number of carbonyl (C=O) groups is 1. The Hall–Kier alpha value is -3.19. The molecule has 8 heteroatoms. The fourth-order valence-corrected chi connectivity index (χ4v) is 4.04. The summed E-state index contributed by atoms with van der Waals surface area (Å²) < 4.78 is 1.87. The lowest BCUT2D eigenvalue weighted by atomic mass is 10.0. The van der Waals surface area contributed by atoms with Crippen LogP contribution >= 0.6 is 23.2 Å². The second kappa shape index (κ2) is 9.53. The lowest BCUT2D eigenvalue weighted by Gasteiger charge is -2.14. The summed E-state index contributed by atoms with van der Waals surface area (Å²) in [5.74, 6) is 2.39. The molecule has 0 atom stereocenters. The first-order valence-electron chi connectivity index (χ1n) is 9.93. The van der Waals surface area contributed by atoms with Gasteiger partial charge in [0.1, 0.15) is 5.56 Å². The van der Waals surface area contributed by atoms with E-state index in [1.54, 1.807) is 18.3 Å². The highest BCUT2D eigenvalue weighted by molar-refractivity contribution is 6.42. The zero-order valence-corrected chi connectivity index (χ0v) is 18.6. The number of hydrogen-bond donors (Lipinski definition) is 1. The molecule has 0 aliphatic heterocycles. The Morgan fingerprint density at radius 2 is 1.94 bits per heavy atom. The Bertz CT molecular complexity index is 1350. The normalized spacial score (nSPS) is 11.0. The number of fused-ring (bicyclic) bond motifs is 1. The predicted octanol–water partition coefficient (Wildman–Crippen LogP) is 3.85. The van der Waals surface area contributed by atoms with Crippen molar-refractivity contribution >= 4 is 40.1 Å². The molecule has 0 radical (unpaired) electrons. The number of aryl methyl sites for hydroxylation is 2. The second-order valence-corrected chi connectivity index (χ2v) is 8.09. The standard InChI is InChI=1S/C24H20Cl2N3O3/c25-20-6-3-4-16(22(20)26)12-15-7-8-21-18(13-15)23(30)19(24(31)32-27)14-29(21)11-9-17-5-1-2-10-28-17/h1-8,10,13-14H,9,11-12H2,27H3/q+1. The van der Waals surface area contributed by atoms with E-state index in [1.165, 1.54) is 6.20 Å². The summed E-state index contributed by atoms with van der Waals surface area (Å²) in [6.45, 7) is 0.532. The van der Waals surface area contributed by atoms with Crippen molar-refractivity contribution in [3.63, 3.8) is 0 Å². The second-order valence-electron chi connectivity index (χ2n) is 7.31. The number of quaternary nitrogens is 1. The van der Waals surface area contributed by atoms with Crippen LogP contribution in [0.4, 0.5) is 0 Å². The van der Waals surface area contributed by atoms with E-state index in [1.807, 2.05) is 47.0 Å². The number of carbonyl (C=O) groups excluding carboxylic acids is 1. The number of hydrogen-bond acceptors (Lipinski definition) is 4. The summed E-state index contributed by atoms with van der Waals surface area (Å²) in [5.41, 5.74) is 2.88. The number of benzene rings is 2. The molecule has 2 aromatic heterocycles. The molecular formula is C24H20Cl2N3O3+. The van der Waals surface area contributed by atoms with Crippen LogP contribution in [0.15, 0.2) is 71.8 Å². The summed E-state index contributed by atoms with van der Waals surface area (Å²) in [5, 5.41) is 1.38. The van der Waals surface area contributed by atoms with Gasteiger partial charge in [0.05, 0.1) is 15.6 Å². The lowest BCUT2D eigenvalue weighted by Crippen LogP contribution is -2.51. The molecule has 0 amide bonds. The van der Waals surface area contributed by atoms with Crippen LogP contribution in [0, 0.1) is 0 Å². The number of pyridine rings is 2. The van der Waals surface area contributed by atoms with Crippen molar-refractivity contribution in [2.24, 2.45) is 0 Å². The van der Waals surface area contributed by atoms with Crippen LogP contribution in [0.3, 0.4) is 0 Å². The third-order valence-corrected chi connectivity index (χ3v) is 6.11. The SMILES string of the molecule is [NH3+]OC(=O)c1cn(CCc2ccccn2)c2ccc(Cc3cccc(Cl)c3Cl)cc2c1=O. The van der Waals surface area contributed by atoms with Crippen molar-refractivity contribution in [1.29, 1.82) is 0 Å².